The molecule has 1 N–H and O–H groups in total. The van der Waals surface area contributed by atoms with Crippen LogP contribution in [0.3, 0.4) is 0 Å². The van der Waals surface area contributed by atoms with E-state index in [0.29, 0.717) is 0 Å². The summed E-state index contributed by atoms with van der Waals surface area (Å²) in [4.78, 5) is 13.6. The van der Waals surface area contributed by atoms with E-state index in [4.69, 9.17) is 4.84 Å². The Kier molecular flexibility index (Phi) is 1.41. The van der Waals surface area contributed by atoms with Crippen LogP contribution < -0.4 is 20.9 Å². The van der Waals surface area contributed by atoms with Crippen LogP contribution in [0.25, 0.3) is 6.08 Å². The van der Waals surface area contributed by atoms with Crippen molar-refractivity contribution in [3.8, 4) is 5.75 Å². The molecular formula is C10H7N3O. The molecule has 0 saturated carbocycles. The number of hydrogen-bond acceptors (Lipinski definition) is 4. The lowest BCUT2D eigenvalue weighted by atomic mass is 10.2. The molecule has 0 amide bonds. The van der Waals surface area contributed by atoms with Crippen LogP contribution in [-0.4, -0.2) is 6.34 Å². The first-order chi connectivity index (χ1) is 6.95. The molecule has 0 aromatic heterocycles. The molecule has 2 aliphatic rings. The van der Waals surface area contributed by atoms with Crippen molar-refractivity contribution < 1.29 is 4.84 Å². The molecule has 3 rings (SSSR count). The van der Waals surface area contributed by atoms with E-state index in [-0.39, 0.29) is 0 Å². The zero-order chi connectivity index (χ0) is 9.38. The second kappa shape index (κ2) is 2.70. The van der Waals surface area contributed by atoms with Gasteiger partial charge in [-0.3, -0.25) is 0 Å². The second-order valence-electron chi connectivity index (χ2n) is 2.97. The minimum atomic E-state index is 0.727. The van der Waals surface area contributed by atoms with Gasteiger partial charge in [-0.2, -0.15) is 0 Å². The molecule has 0 atom stereocenters. The van der Waals surface area contributed by atoms with Crippen LogP contribution in [0.4, 0.5) is 5.69 Å². The van der Waals surface area contributed by atoms with Gasteiger partial charge >= 0.3 is 0 Å². The fourth-order valence-corrected chi connectivity index (χ4v) is 1.48. The Hall–Kier alpha value is -2.10. The van der Waals surface area contributed by atoms with E-state index in [0.717, 1.165) is 22.0 Å². The molecule has 0 saturated heterocycles. The monoisotopic (exact) mass is 185 g/mol. The zero-order valence-electron chi connectivity index (χ0n) is 7.27. The van der Waals surface area contributed by atoms with Crippen molar-refractivity contribution >= 4 is 18.1 Å². The molecule has 1 aromatic rings. The van der Waals surface area contributed by atoms with Crippen molar-refractivity contribution in [2.24, 2.45) is 9.98 Å². The lowest BCUT2D eigenvalue weighted by Crippen LogP contribution is -2.17. The Bertz CT molecular complexity index is 557. The van der Waals surface area contributed by atoms with Gasteiger partial charge in [-0.05, 0) is 24.3 Å². The Morgan fingerprint density at radius 1 is 1.29 bits per heavy atom. The summed E-state index contributed by atoms with van der Waals surface area (Å²) in [5.41, 5.74) is 3.49. The number of hydroxylamine groups is 1. The van der Waals surface area contributed by atoms with Crippen LogP contribution in [0.1, 0.15) is 0 Å². The number of hydrogen-bond donors (Lipinski definition) is 1. The summed E-state index contributed by atoms with van der Waals surface area (Å²) in [6.07, 6.45) is 7.10. The molecule has 4 heteroatoms. The maximum Gasteiger partial charge on any atom is 0.190 e. The molecule has 0 bridgehead atoms. The quantitative estimate of drug-likeness (QED) is 0.626. The number of fused-ring (bicyclic) bond motifs is 3. The normalized spacial score (nSPS) is 15.4. The third kappa shape index (κ3) is 0.939. The molecule has 1 aromatic carbocycles. The van der Waals surface area contributed by atoms with Gasteiger partial charge in [-0.1, -0.05) is 0 Å². The van der Waals surface area contributed by atoms with Crippen LogP contribution in [0.2, 0.25) is 0 Å². The van der Waals surface area contributed by atoms with Crippen LogP contribution >= 0.6 is 0 Å². The van der Waals surface area contributed by atoms with Gasteiger partial charge in [0.2, 0.25) is 0 Å². The van der Waals surface area contributed by atoms with Gasteiger partial charge in [0, 0.05) is 11.4 Å². The zero-order valence-corrected chi connectivity index (χ0v) is 7.27. The maximum absolute atomic E-state index is 5.35. The van der Waals surface area contributed by atoms with Gasteiger partial charge in [0.1, 0.15) is 12.0 Å². The van der Waals surface area contributed by atoms with E-state index in [1.165, 1.54) is 6.34 Å². The first-order valence-corrected chi connectivity index (χ1v) is 4.28. The van der Waals surface area contributed by atoms with Crippen molar-refractivity contribution in [1.29, 1.82) is 0 Å². The fourth-order valence-electron chi connectivity index (χ4n) is 1.48. The number of nitrogens with zero attached hydrogens (tertiary/aromatic N) is 2. The Morgan fingerprint density at radius 2 is 2.29 bits per heavy atom. The Balaban J connectivity index is 2.39. The molecule has 0 unspecified atom stereocenters. The summed E-state index contributed by atoms with van der Waals surface area (Å²) in [5, 5.41) is 1.85. The first kappa shape index (κ1) is 7.32. The lowest BCUT2D eigenvalue weighted by Gasteiger charge is -2.04. The largest absolute Gasteiger partial charge is 0.380 e. The summed E-state index contributed by atoms with van der Waals surface area (Å²) in [7, 11) is 0. The predicted molar refractivity (Wildman–Crippen MR) is 52.7 cm³/mol. The molecule has 68 valence electrons. The maximum atomic E-state index is 5.35. The molecule has 4 nitrogen and oxygen atoms in total. The smallest absolute Gasteiger partial charge is 0.190 e. The highest BCUT2D eigenvalue weighted by Crippen LogP contribution is 2.19. The molecule has 2 heterocycles. The van der Waals surface area contributed by atoms with Crippen LogP contribution in [0, 0.1) is 0 Å². The summed E-state index contributed by atoms with van der Waals surface area (Å²) >= 11 is 0. The highest BCUT2D eigenvalue weighted by atomic mass is 16.6. The second-order valence-corrected chi connectivity index (χ2v) is 2.97. The molecule has 0 radical (unpaired) electrons. The molecule has 2 aliphatic heterocycles. The average Bonchev–Trinajstić information content (AvgIpc) is 2.55. The predicted octanol–water partition coefficient (Wildman–Crippen LogP) is 0.171. The van der Waals surface area contributed by atoms with Gasteiger partial charge < -0.3 is 4.84 Å². The van der Waals surface area contributed by atoms with Gasteiger partial charge in [0.05, 0.1) is 5.36 Å². The molecule has 0 aliphatic carbocycles. The van der Waals surface area contributed by atoms with Crippen molar-refractivity contribution in [3.05, 3.63) is 35.0 Å². The van der Waals surface area contributed by atoms with E-state index in [1.54, 1.807) is 6.20 Å². The number of benzene rings is 1. The fraction of sp³-hybridized carbons (Fsp3) is 0. The molecule has 0 fully saturated rings. The van der Waals surface area contributed by atoms with Crippen LogP contribution in [-0.2, 0) is 0 Å². The topological polar surface area (TPSA) is 46.0 Å². The van der Waals surface area contributed by atoms with Crippen LogP contribution in [0.5, 0.6) is 5.75 Å². The Labute approximate surface area is 79.9 Å². The molecular weight excluding hydrogens is 178 g/mol. The minimum Gasteiger partial charge on any atom is -0.380 e. The van der Waals surface area contributed by atoms with Crippen molar-refractivity contribution in [3.63, 3.8) is 0 Å². The molecule has 0 spiro atoms. The van der Waals surface area contributed by atoms with Gasteiger partial charge in [-0.25, -0.2) is 15.5 Å². The minimum absolute atomic E-state index is 0.727. The van der Waals surface area contributed by atoms with E-state index in [2.05, 4.69) is 15.5 Å². The summed E-state index contributed by atoms with van der Waals surface area (Å²) < 4.78 is 0. The summed E-state index contributed by atoms with van der Waals surface area (Å²) in [6.45, 7) is 0. The lowest BCUT2D eigenvalue weighted by molar-refractivity contribution is 0.243. The number of rotatable bonds is 0. The SMILES string of the molecule is C1=CNOc2c3c(ccc2=C1)=NC=N3. The molecule has 14 heavy (non-hydrogen) atoms. The summed E-state index contributed by atoms with van der Waals surface area (Å²) in [5.74, 6) is 0.727. The van der Waals surface area contributed by atoms with E-state index in [1.807, 2.05) is 24.3 Å². The number of aliphatic imine (C=N–C) groups is 1. The number of allylic oxidation sites excluding steroid dienone is 1. The van der Waals surface area contributed by atoms with E-state index >= 15 is 0 Å². The van der Waals surface area contributed by atoms with E-state index < -0.39 is 0 Å². The third-order valence-electron chi connectivity index (χ3n) is 2.13. The van der Waals surface area contributed by atoms with E-state index in [9.17, 15) is 0 Å². The summed E-state index contributed by atoms with van der Waals surface area (Å²) in [6, 6.07) is 3.89. The van der Waals surface area contributed by atoms with Crippen molar-refractivity contribution in [1.82, 2.24) is 5.48 Å². The highest BCUT2D eigenvalue weighted by Gasteiger charge is 2.10. The first-order valence-electron chi connectivity index (χ1n) is 4.28. The third-order valence-corrected chi connectivity index (χ3v) is 2.13. The van der Waals surface area contributed by atoms with Gasteiger partial charge in [0.25, 0.3) is 0 Å². The van der Waals surface area contributed by atoms with Gasteiger partial charge in [-0.15, -0.1) is 0 Å². The van der Waals surface area contributed by atoms with Gasteiger partial charge in [0.15, 0.2) is 5.75 Å². The Morgan fingerprint density at radius 3 is 3.29 bits per heavy atom. The van der Waals surface area contributed by atoms with Crippen molar-refractivity contribution in [2.45, 2.75) is 0 Å². The average molecular weight is 185 g/mol. The van der Waals surface area contributed by atoms with Crippen molar-refractivity contribution in [2.75, 3.05) is 0 Å². The number of nitrogens with one attached hydrogen (secondary N) is 1. The highest BCUT2D eigenvalue weighted by molar-refractivity contribution is 5.71. The standard InChI is InChI=1S/C10H7N3O/c1-2-7-3-4-8-9(12-6-11-8)10(7)14-13-5-1/h1-6,13H. The van der Waals surface area contributed by atoms with Crippen LogP contribution in [0.15, 0.2) is 34.4 Å².